The van der Waals surface area contributed by atoms with Crippen LogP contribution in [-0.2, 0) is 10.0 Å². The van der Waals surface area contributed by atoms with E-state index in [9.17, 15) is 27.1 Å². The van der Waals surface area contributed by atoms with E-state index in [-0.39, 0.29) is 47.2 Å². The third-order valence-electron chi connectivity index (χ3n) is 5.33. The molecule has 1 heterocycles. The monoisotopic (exact) mass is 508 g/mol. The van der Waals surface area contributed by atoms with Crippen LogP contribution < -0.4 is 9.46 Å². The maximum Gasteiger partial charge on any atom is 0.265 e. The van der Waals surface area contributed by atoms with Crippen molar-refractivity contribution in [1.29, 1.82) is 0 Å². The number of anilines is 1. The standard InChI is InChI=1S/C23H19ClF2N2O5S/c1-2-28-7-8-33-20-6-4-3-5-14(20)15-11-19(18(26)12-17(15)25)27-34(31,32)21-10-13(23(28)30)9-16(24)22(21)29/h3-6,9-12,27,29H,2,7-8H2,1H3. The van der Waals surface area contributed by atoms with Crippen LogP contribution in [-0.4, -0.2) is 44.0 Å². The molecule has 0 unspecified atom stereocenters. The van der Waals surface area contributed by atoms with Gasteiger partial charge in [0, 0.05) is 29.3 Å². The van der Waals surface area contributed by atoms with E-state index in [1.165, 1.54) is 4.90 Å². The Hall–Kier alpha value is -3.37. The predicted octanol–water partition coefficient (Wildman–Crippen LogP) is 4.65. The van der Waals surface area contributed by atoms with E-state index >= 15 is 0 Å². The van der Waals surface area contributed by atoms with Gasteiger partial charge in [0.25, 0.3) is 15.9 Å². The molecule has 1 aliphatic rings. The second-order valence-electron chi connectivity index (χ2n) is 7.45. The number of aromatic hydroxyl groups is 1. The number of halogens is 3. The van der Waals surface area contributed by atoms with E-state index in [0.29, 0.717) is 6.07 Å². The van der Waals surface area contributed by atoms with Crippen LogP contribution in [0.2, 0.25) is 5.02 Å². The minimum absolute atomic E-state index is 0.0431. The smallest absolute Gasteiger partial charge is 0.265 e. The first-order chi connectivity index (χ1) is 16.1. The maximum absolute atomic E-state index is 14.8. The molecule has 3 aromatic rings. The van der Waals surface area contributed by atoms with Crippen molar-refractivity contribution < 1.29 is 31.8 Å². The lowest BCUT2D eigenvalue weighted by Crippen LogP contribution is -2.34. The second-order valence-corrected chi connectivity index (χ2v) is 9.51. The van der Waals surface area contributed by atoms with Crippen LogP contribution in [0.25, 0.3) is 11.1 Å². The summed E-state index contributed by atoms with van der Waals surface area (Å²) >= 11 is 6.01. The highest BCUT2D eigenvalue weighted by Crippen LogP contribution is 2.37. The average molecular weight is 509 g/mol. The molecule has 178 valence electrons. The average Bonchev–Trinajstić information content (AvgIpc) is 2.79. The summed E-state index contributed by atoms with van der Waals surface area (Å²) in [4.78, 5) is 13.7. The molecule has 0 spiro atoms. The molecule has 0 radical (unpaired) electrons. The van der Waals surface area contributed by atoms with Gasteiger partial charge in [0.2, 0.25) is 0 Å². The number of likely N-dealkylation sites (N-methyl/N-ethyl adjacent to an activating group) is 1. The Bertz CT molecular complexity index is 1400. The van der Waals surface area contributed by atoms with Crippen LogP contribution in [0, 0.1) is 11.6 Å². The minimum atomic E-state index is -4.64. The molecule has 7 nitrogen and oxygen atoms in total. The second kappa shape index (κ2) is 9.11. The lowest BCUT2D eigenvalue weighted by Gasteiger charge is -2.22. The summed E-state index contributed by atoms with van der Waals surface area (Å²) in [7, 11) is -4.64. The minimum Gasteiger partial charge on any atom is -0.505 e. The van der Waals surface area contributed by atoms with Crippen molar-refractivity contribution in [2.75, 3.05) is 24.4 Å². The fraction of sp³-hybridized carbons (Fsp3) is 0.174. The van der Waals surface area contributed by atoms with Gasteiger partial charge in [0.1, 0.15) is 28.9 Å². The zero-order chi connectivity index (χ0) is 24.6. The highest BCUT2D eigenvalue weighted by molar-refractivity contribution is 7.92. The maximum atomic E-state index is 14.8. The molecule has 3 aromatic carbocycles. The molecule has 11 heteroatoms. The molecule has 1 amide bonds. The largest absolute Gasteiger partial charge is 0.505 e. The fourth-order valence-electron chi connectivity index (χ4n) is 3.60. The third-order valence-corrected chi connectivity index (χ3v) is 7.00. The quantitative estimate of drug-likeness (QED) is 0.499. The Labute approximate surface area is 199 Å². The van der Waals surface area contributed by atoms with Gasteiger partial charge in [0.15, 0.2) is 5.75 Å². The molecule has 4 bridgehead atoms. The van der Waals surface area contributed by atoms with Gasteiger partial charge in [-0.3, -0.25) is 9.52 Å². The van der Waals surface area contributed by atoms with Crippen LogP contribution in [0.1, 0.15) is 17.3 Å². The summed E-state index contributed by atoms with van der Waals surface area (Å²) < 4.78 is 63.3. The number of carbonyl (C=O) groups excluding carboxylic acids is 1. The summed E-state index contributed by atoms with van der Waals surface area (Å²) in [6, 6.07) is 10.0. The van der Waals surface area contributed by atoms with Crippen LogP contribution in [0.4, 0.5) is 14.5 Å². The SMILES string of the molecule is CCN1CCOc2ccccc2-c2cc(c(F)cc2F)NS(=O)(=O)c2cc(cc(Cl)c2O)C1=O. The molecule has 1 aliphatic heterocycles. The Morgan fingerprint density at radius 2 is 1.85 bits per heavy atom. The Balaban J connectivity index is 1.96. The Morgan fingerprint density at radius 3 is 2.59 bits per heavy atom. The molecule has 0 aromatic heterocycles. The van der Waals surface area contributed by atoms with Gasteiger partial charge < -0.3 is 14.7 Å². The van der Waals surface area contributed by atoms with E-state index in [1.807, 2.05) is 4.72 Å². The van der Waals surface area contributed by atoms with E-state index in [1.54, 1.807) is 31.2 Å². The van der Waals surface area contributed by atoms with Gasteiger partial charge >= 0.3 is 0 Å². The molecule has 0 saturated heterocycles. The van der Waals surface area contributed by atoms with E-state index in [4.69, 9.17) is 16.3 Å². The predicted molar refractivity (Wildman–Crippen MR) is 123 cm³/mol. The highest BCUT2D eigenvalue weighted by Gasteiger charge is 2.27. The van der Waals surface area contributed by atoms with Crippen molar-refractivity contribution >= 4 is 33.2 Å². The highest BCUT2D eigenvalue weighted by atomic mass is 35.5. The van der Waals surface area contributed by atoms with Crippen LogP contribution in [0.15, 0.2) is 53.4 Å². The topological polar surface area (TPSA) is 95.9 Å². The number of phenols is 1. The van der Waals surface area contributed by atoms with Crippen LogP contribution >= 0.6 is 11.6 Å². The lowest BCUT2D eigenvalue weighted by molar-refractivity contribution is 0.0739. The van der Waals surface area contributed by atoms with Crippen LogP contribution in [0.5, 0.6) is 11.5 Å². The van der Waals surface area contributed by atoms with Gasteiger partial charge in [-0.25, -0.2) is 17.2 Å². The van der Waals surface area contributed by atoms with E-state index in [0.717, 1.165) is 18.2 Å². The molecular formula is C23H19ClF2N2O5S. The molecule has 4 rings (SSSR count). The van der Waals surface area contributed by atoms with Crippen LogP contribution in [0.3, 0.4) is 0 Å². The number of amides is 1. The number of para-hydroxylation sites is 1. The molecule has 0 saturated carbocycles. The Morgan fingerprint density at radius 1 is 1.12 bits per heavy atom. The van der Waals surface area contributed by atoms with Gasteiger partial charge in [-0.15, -0.1) is 0 Å². The first-order valence-corrected chi connectivity index (χ1v) is 12.0. The number of carbonyl (C=O) groups is 1. The number of benzene rings is 3. The summed E-state index contributed by atoms with van der Waals surface area (Å²) in [6.07, 6.45) is 0. The first kappa shape index (κ1) is 23.8. The first-order valence-electron chi connectivity index (χ1n) is 10.2. The molecule has 0 aliphatic carbocycles. The van der Waals surface area contributed by atoms with Crippen molar-refractivity contribution in [3.8, 4) is 22.6 Å². The van der Waals surface area contributed by atoms with Gasteiger partial charge in [-0.2, -0.15) is 0 Å². The van der Waals surface area contributed by atoms with Crippen molar-refractivity contribution in [2.24, 2.45) is 0 Å². The fourth-order valence-corrected chi connectivity index (χ4v) is 5.08. The summed E-state index contributed by atoms with van der Waals surface area (Å²) in [5.74, 6) is -3.21. The van der Waals surface area contributed by atoms with E-state index < -0.39 is 43.9 Å². The van der Waals surface area contributed by atoms with Gasteiger partial charge in [-0.05, 0) is 31.2 Å². The van der Waals surface area contributed by atoms with Crippen molar-refractivity contribution in [2.45, 2.75) is 11.8 Å². The van der Waals surface area contributed by atoms with Gasteiger partial charge in [0.05, 0.1) is 17.3 Å². The number of fused-ring (bicyclic) bond motifs is 6. The van der Waals surface area contributed by atoms with Gasteiger partial charge in [-0.1, -0.05) is 29.8 Å². The number of nitrogens with one attached hydrogen (secondary N) is 1. The number of hydrogen-bond donors (Lipinski definition) is 2. The van der Waals surface area contributed by atoms with Crippen molar-refractivity contribution in [3.05, 3.63) is 70.8 Å². The zero-order valence-corrected chi connectivity index (χ0v) is 19.4. The molecule has 34 heavy (non-hydrogen) atoms. The van der Waals surface area contributed by atoms with Crippen molar-refractivity contribution in [1.82, 2.24) is 4.90 Å². The normalized spacial score (nSPS) is 15.4. The number of nitrogens with zero attached hydrogens (tertiary/aromatic N) is 1. The number of phenolic OH excluding ortho intramolecular Hbond substituents is 1. The lowest BCUT2D eigenvalue weighted by atomic mass is 10.0. The summed E-state index contributed by atoms with van der Waals surface area (Å²) in [5.41, 5.74) is -0.510. The number of hydrogen-bond acceptors (Lipinski definition) is 5. The third kappa shape index (κ3) is 4.38. The molecule has 2 N–H and O–H groups in total. The molecule has 0 atom stereocenters. The number of ether oxygens (including phenoxy) is 1. The zero-order valence-electron chi connectivity index (χ0n) is 17.8. The summed E-state index contributed by atoms with van der Waals surface area (Å²) in [6.45, 7) is 2.16. The molecular weight excluding hydrogens is 490 g/mol. The molecule has 0 fully saturated rings. The Kier molecular flexibility index (Phi) is 6.37. The number of rotatable bonds is 1. The summed E-state index contributed by atoms with van der Waals surface area (Å²) in [5, 5.41) is 9.94. The van der Waals surface area contributed by atoms with Crippen molar-refractivity contribution in [3.63, 3.8) is 0 Å². The van der Waals surface area contributed by atoms with E-state index in [2.05, 4.69) is 0 Å². The number of sulfonamides is 1.